The molecule has 156 valence electrons. The Balaban J connectivity index is 1.58. The number of anilines is 1. The van der Waals surface area contributed by atoms with Gasteiger partial charge in [0.05, 0.1) is 15.7 Å². The van der Waals surface area contributed by atoms with E-state index in [1.165, 1.54) is 5.56 Å². The number of hydrogen-bond acceptors (Lipinski definition) is 4. The van der Waals surface area contributed by atoms with Gasteiger partial charge < -0.3 is 10.2 Å². The highest BCUT2D eigenvalue weighted by molar-refractivity contribution is 6.42. The Bertz CT molecular complexity index is 1040. The summed E-state index contributed by atoms with van der Waals surface area (Å²) in [5, 5.41) is 4.55. The van der Waals surface area contributed by atoms with Crippen LogP contribution < -0.4 is 5.32 Å². The summed E-state index contributed by atoms with van der Waals surface area (Å²) >= 11 is 12.4. The third kappa shape index (κ3) is 4.61. The fourth-order valence-electron chi connectivity index (χ4n) is 4.00. The molecule has 1 aliphatic carbocycles. The van der Waals surface area contributed by atoms with Crippen molar-refractivity contribution in [3.8, 4) is 11.3 Å². The molecule has 0 unspecified atom stereocenters. The van der Waals surface area contributed by atoms with Gasteiger partial charge in [-0.05, 0) is 68.7 Å². The molecule has 0 saturated heterocycles. The molecule has 4 rings (SSSR count). The van der Waals surface area contributed by atoms with Crippen LogP contribution in [-0.2, 0) is 6.42 Å². The lowest BCUT2D eigenvalue weighted by atomic mass is 9.78. The van der Waals surface area contributed by atoms with Crippen LogP contribution in [0, 0.1) is 0 Å². The topological polar surface area (TPSA) is 41.0 Å². The summed E-state index contributed by atoms with van der Waals surface area (Å²) in [6.45, 7) is 1.97. The standard InChI is InChI=1S/C24H26Cl2N4/c1-30(2)12-6-5-11-27-24-28-15-17-13-20(16-9-10-21(25)22(26)14-16)18-7-3-4-8-19(18)23(17)29-24/h3-4,7-10,14-15,20H,5-6,11-13H2,1-2H3,(H,27,28,29)/t20-/m0/s1. The van der Waals surface area contributed by atoms with Crippen molar-refractivity contribution in [2.24, 2.45) is 0 Å². The SMILES string of the molecule is CN(C)CCCCNc1ncc2c(n1)-c1ccccc1[C@H](c1ccc(Cl)c(Cl)c1)C2. The van der Waals surface area contributed by atoms with Gasteiger partial charge in [-0.2, -0.15) is 0 Å². The number of fused-ring (bicyclic) bond motifs is 3. The third-order valence-corrected chi connectivity index (χ3v) is 6.28. The van der Waals surface area contributed by atoms with Crippen LogP contribution in [0.25, 0.3) is 11.3 Å². The molecule has 2 aromatic carbocycles. The number of hydrogen-bond donors (Lipinski definition) is 1. The molecule has 0 saturated carbocycles. The highest BCUT2D eigenvalue weighted by atomic mass is 35.5. The Kier molecular flexibility index (Phi) is 6.57. The molecule has 6 heteroatoms. The Labute approximate surface area is 188 Å². The van der Waals surface area contributed by atoms with E-state index in [2.05, 4.69) is 59.6 Å². The Morgan fingerprint density at radius 3 is 2.70 bits per heavy atom. The molecule has 0 aliphatic heterocycles. The summed E-state index contributed by atoms with van der Waals surface area (Å²) < 4.78 is 0. The molecule has 0 spiro atoms. The van der Waals surface area contributed by atoms with E-state index in [4.69, 9.17) is 28.2 Å². The molecular weight excluding hydrogens is 415 g/mol. The molecule has 0 fully saturated rings. The first-order chi connectivity index (χ1) is 14.5. The smallest absolute Gasteiger partial charge is 0.223 e. The van der Waals surface area contributed by atoms with Crippen LogP contribution in [0.1, 0.15) is 35.4 Å². The third-order valence-electron chi connectivity index (χ3n) is 5.54. The number of nitrogens with one attached hydrogen (secondary N) is 1. The summed E-state index contributed by atoms with van der Waals surface area (Å²) in [6.07, 6.45) is 5.05. The number of benzene rings is 2. The number of unbranched alkanes of at least 4 members (excludes halogenated alkanes) is 1. The van der Waals surface area contributed by atoms with Crippen molar-refractivity contribution in [2.45, 2.75) is 25.2 Å². The zero-order chi connectivity index (χ0) is 21.1. The van der Waals surface area contributed by atoms with Crippen LogP contribution in [0.15, 0.2) is 48.7 Å². The van der Waals surface area contributed by atoms with E-state index >= 15 is 0 Å². The minimum Gasteiger partial charge on any atom is -0.354 e. The molecule has 3 aromatic rings. The highest BCUT2D eigenvalue weighted by Gasteiger charge is 2.27. The first-order valence-electron chi connectivity index (χ1n) is 10.3. The van der Waals surface area contributed by atoms with Crippen LogP contribution >= 0.6 is 23.2 Å². The summed E-state index contributed by atoms with van der Waals surface area (Å²) in [7, 11) is 4.20. The summed E-state index contributed by atoms with van der Waals surface area (Å²) in [6, 6.07) is 14.4. The molecule has 0 bridgehead atoms. The van der Waals surface area contributed by atoms with Gasteiger partial charge in [-0.1, -0.05) is 53.5 Å². The minimum atomic E-state index is 0.205. The maximum atomic E-state index is 6.30. The molecule has 1 aromatic heterocycles. The number of rotatable bonds is 7. The highest BCUT2D eigenvalue weighted by Crippen LogP contribution is 2.42. The van der Waals surface area contributed by atoms with Gasteiger partial charge in [0.1, 0.15) is 0 Å². The van der Waals surface area contributed by atoms with Crippen LogP contribution in [0.5, 0.6) is 0 Å². The summed E-state index contributed by atoms with van der Waals surface area (Å²) in [5.74, 6) is 0.901. The molecule has 1 atom stereocenters. The molecule has 4 nitrogen and oxygen atoms in total. The van der Waals surface area contributed by atoms with E-state index in [0.717, 1.165) is 54.7 Å². The Morgan fingerprint density at radius 1 is 1.07 bits per heavy atom. The molecule has 1 N–H and O–H groups in total. The fourth-order valence-corrected chi connectivity index (χ4v) is 4.31. The second-order valence-corrected chi connectivity index (χ2v) is 8.84. The van der Waals surface area contributed by atoms with E-state index in [0.29, 0.717) is 16.0 Å². The van der Waals surface area contributed by atoms with Gasteiger partial charge in [-0.25, -0.2) is 9.97 Å². The molecular formula is C24H26Cl2N4. The summed E-state index contributed by atoms with van der Waals surface area (Å²) in [5.41, 5.74) is 5.76. The predicted molar refractivity (Wildman–Crippen MR) is 126 cm³/mol. The number of halogens is 2. The van der Waals surface area contributed by atoms with E-state index in [9.17, 15) is 0 Å². The van der Waals surface area contributed by atoms with E-state index in [1.54, 1.807) is 0 Å². The first kappa shape index (κ1) is 21.1. The van der Waals surface area contributed by atoms with Crippen molar-refractivity contribution in [3.05, 3.63) is 75.4 Å². The van der Waals surface area contributed by atoms with E-state index in [1.807, 2.05) is 18.3 Å². The second kappa shape index (κ2) is 9.34. The van der Waals surface area contributed by atoms with Crippen LogP contribution in [0.3, 0.4) is 0 Å². The summed E-state index contributed by atoms with van der Waals surface area (Å²) in [4.78, 5) is 11.6. The van der Waals surface area contributed by atoms with Crippen LogP contribution in [-0.4, -0.2) is 42.1 Å². The Hall–Kier alpha value is -2.14. The van der Waals surface area contributed by atoms with Crippen molar-refractivity contribution >= 4 is 29.2 Å². The zero-order valence-corrected chi connectivity index (χ0v) is 18.8. The fraction of sp³-hybridized carbons (Fsp3) is 0.333. The van der Waals surface area contributed by atoms with Crippen LogP contribution in [0.2, 0.25) is 10.0 Å². The first-order valence-corrected chi connectivity index (χ1v) is 11.1. The Morgan fingerprint density at radius 2 is 1.90 bits per heavy atom. The molecule has 30 heavy (non-hydrogen) atoms. The largest absolute Gasteiger partial charge is 0.354 e. The monoisotopic (exact) mass is 440 g/mol. The number of nitrogens with zero attached hydrogens (tertiary/aromatic N) is 3. The van der Waals surface area contributed by atoms with E-state index in [-0.39, 0.29) is 5.92 Å². The lowest BCUT2D eigenvalue weighted by molar-refractivity contribution is 0.396. The normalized spacial score (nSPS) is 15.0. The lowest BCUT2D eigenvalue weighted by Crippen LogP contribution is -2.16. The van der Waals surface area contributed by atoms with Gasteiger partial charge in [0.25, 0.3) is 0 Å². The maximum Gasteiger partial charge on any atom is 0.223 e. The predicted octanol–water partition coefficient (Wildman–Crippen LogP) is 5.89. The molecule has 1 heterocycles. The van der Waals surface area contributed by atoms with Crippen LogP contribution in [0.4, 0.5) is 5.95 Å². The average molecular weight is 441 g/mol. The quantitative estimate of drug-likeness (QED) is 0.464. The van der Waals surface area contributed by atoms with Crippen molar-refractivity contribution in [2.75, 3.05) is 32.5 Å². The van der Waals surface area contributed by atoms with Gasteiger partial charge in [0.15, 0.2) is 0 Å². The van der Waals surface area contributed by atoms with Gasteiger partial charge in [0, 0.05) is 24.2 Å². The molecule has 1 aliphatic rings. The lowest BCUT2D eigenvalue weighted by Gasteiger charge is -2.27. The molecule has 0 radical (unpaired) electrons. The zero-order valence-electron chi connectivity index (χ0n) is 17.3. The number of aromatic nitrogens is 2. The van der Waals surface area contributed by atoms with Crippen molar-refractivity contribution in [1.82, 2.24) is 14.9 Å². The van der Waals surface area contributed by atoms with Crippen molar-refractivity contribution in [1.29, 1.82) is 0 Å². The van der Waals surface area contributed by atoms with Gasteiger partial charge >= 0.3 is 0 Å². The van der Waals surface area contributed by atoms with Gasteiger partial charge in [-0.3, -0.25) is 0 Å². The van der Waals surface area contributed by atoms with Gasteiger partial charge in [0.2, 0.25) is 5.95 Å². The molecule has 0 amide bonds. The maximum absolute atomic E-state index is 6.30. The average Bonchev–Trinajstić information content (AvgIpc) is 2.75. The minimum absolute atomic E-state index is 0.205. The van der Waals surface area contributed by atoms with Crippen molar-refractivity contribution < 1.29 is 0 Å². The van der Waals surface area contributed by atoms with Gasteiger partial charge in [-0.15, -0.1) is 0 Å². The second-order valence-electron chi connectivity index (χ2n) is 8.02. The van der Waals surface area contributed by atoms with E-state index < -0.39 is 0 Å². The van der Waals surface area contributed by atoms with Crippen molar-refractivity contribution in [3.63, 3.8) is 0 Å².